The molecule has 0 bridgehead atoms. The third kappa shape index (κ3) is 5.29. The average Bonchev–Trinajstić information content (AvgIpc) is 2.94. The SMILES string of the molecule is CCCCC(=O)N(C)C(C(=O)NC1(C)C2=C(C)C3(C(=O)NC(Cc4ccccc4)CC(C)C(=O)OC)C(C)C1C23)C(C)C. The fraction of sp³-hybridized carbons (Fsp3) is 0.657. The minimum atomic E-state index is -0.585. The van der Waals surface area contributed by atoms with E-state index in [0.29, 0.717) is 19.3 Å². The van der Waals surface area contributed by atoms with Gasteiger partial charge in [-0.15, -0.1) is 0 Å². The number of esters is 1. The molecule has 8 nitrogen and oxygen atoms in total. The molecule has 2 saturated carbocycles. The first-order valence-electron chi connectivity index (χ1n) is 16.0. The molecular formula is C35H51N3O5. The van der Waals surface area contributed by atoms with Gasteiger partial charge in [-0.05, 0) is 62.0 Å². The highest BCUT2D eigenvalue weighted by Gasteiger charge is 2.84. The standard InChI is InChI=1S/C35H51N3O5/c1-10-11-17-26(39)38(8)30(20(2)3)31(40)37-34(7)27-22(5)35(23(6)28(34)29(27)35)33(42)36-25(18-21(4)32(41)43-9)19-24-15-13-12-14-16-24/h12-16,20-22,25,27,29-30H,10-11,17-19H2,1-9H3,(H,36,42)(H,37,40). The summed E-state index contributed by atoms with van der Waals surface area (Å²) >= 11 is 0. The number of likely N-dealkylation sites (N-methyl/N-ethyl adjacent to an activating group) is 1. The molecule has 0 aromatic heterocycles. The van der Waals surface area contributed by atoms with Crippen LogP contribution in [0.2, 0.25) is 0 Å². The molecule has 2 N–H and O–H groups in total. The molecule has 43 heavy (non-hydrogen) atoms. The molecule has 3 aliphatic rings. The zero-order valence-corrected chi connectivity index (χ0v) is 27.5. The number of unbranched alkanes of at least 4 members (excludes halogenated alkanes) is 1. The van der Waals surface area contributed by atoms with Crippen molar-refractivity contribution in [1.29, 1.82) is 0 Å². The van der Waals surface area contributed by atoms with Gasteiger partial charge < -0.3 is 20.3 Å². The van der Waals surface area contributed by atoms with Gasteiger partial charge in [-0.1, -0.05) is 76.9 Å². The van der Waals surface area contributed by atoms with Gasteiger partial charge in [0.05, 0.1) is 24.0 Å². The van der Waals surface area contributed by atoms with Crippen molar-refractivity contribution in [1.82, 2.24) is 15.5 Å². The third-order valence-corrected chi connectivity index (χ3v) is 10.8. The van der Waals surface area contributed by atoms with Crippen LogP contribution in [-0.2, 0) is 30.3 Å². The lowest BCUT2D eigenvalue weighted by Gasteiger charge is -2.81. The Balaban J connectivity index is 1.52. The van der Waals surface area contributed by atoms with E-state index in [1.54, 1.807) is 11.9 Å². The van der Waals surface area contributed by atoms with Crippen molar-refractivity contribution in [2.75, 3.05) is 14.2 Å². The van der Waals surface area contributed by atoms with Crippen molar-refractivity contribution in [2.24, 2.45) is 35.0 Å². The van der Waals surface area contributed by atoms with Crippen LogP contribution < -0.4 is 10.6 Å². The zero-order chi connectivity index (χ0) is 31.9. The number of amides is 3. The van der Waals surface area contributed by atoms with Gasteiger partial charge in [0, 0.05) is 25.4 Å². The minimum absolute atomic E-state index is 0.00865. The summed E-state index contributed by atoms with van der Waals surface area (Å²) in [7, 11) is 3.12. The molecule has 2 fully saturated rings. The largest absolute Gasteiger partial charge is 0.469 e. The Morgan fingerprint density at radius 3 is 2.28 bits per heavy atom. The highest BCUT2D eigenvalue weighted by atomic mass is 16.5. The van der Waals surface area contributed by atoms with Gasteiger partial charge in [0.2, 0.25) is 17.7 Å². The van der Waals surface area contributed by atoms with E-state index in [0.717, 1.165) is 29.6 Å². The van der Waals surface area contributed by atoms with Crippen molar-refractivity contribution in [3.05, 3.63) is 47.0 Å². The monoisotopic (exact) mass is 593 g/mol. The molecule has 1 aromatic carbocycles. The van der Waals surface area contributed by atoms with Gasteiger partial charge in [-0.3, -0.25) is 19.2 Å². The van der Waals surface area contributed by atoms with Crippen LogP contribution >= 0.6 is 0 Å². The summed E-state index contributed by atoms with van der Waals surface area (Å²) in [6, 6.07) is 9.22. The van der Waals surface area contributed by atoms with Crippen molar-refractivity contribution in [3.63, 3.8) is 0 Å². The number of rotatable bonds is 14. The van der Waals surface area contributed by atoms with Crippen molar-refractivity contribution < 1.29 is 23.9 Å². The van der Waals surface area contributed by atoms with Crippen LogP contribution in [0.1, 0.15) is 79.7 Å². The number of nitrogens with one attached hydrogen (secondary N) is 2. The molecule has 0 radical (unpaired) electrons. The number of carbonyl (C=O) groups is 4. The molecule has 3 aliphatic carbocycles. The summed E-state index contributed by atoms with van der Waals surface area (Å²) in [5.41, 5.74) is 2.18. The van der Waals surface area contributed by atoms with E-state index >= 15 is 0 Å². The first-order chi connectivity index (χ1) is 20.3. The molecule has 0 saturated heterocycles. The maximum absolute atomic E-state index is 14.1. The van der Waals surface area contributed by atoms with E-state index in [9.17, 15) is 19.2 Å². The summed E-state index contributed by atoms with van der Waals surface area (Å²) in [5, 5.41) is 6.68. The molecular weight excluding hydrogens is 542 g/mol. The normalized spacial score (nSPS) is 28.7. The number of hydrogen-bond acceptors (Lipinski definition) is 5. The maximum atomic E-state index is 14.1. The van der Waals surface area contributed by atoms with Crippen LogP contribution in [0.25, 0.3) is 0 Å². The van der Waals surface area contributed by atoms with Gasteiger partial charge in [0.15, 0.2) is 0 Å². The molecule has 8 unspecified atom stereocenters. The quantitative estimate of drug-likeness (QED) is 0.241. The van der Waals surface area contributed by atoms with Gasteiger partial charge in [0.1, 0.15) is 6.04 Å². The first kappa shape index (κ1) is 32.7. The fourth-order valence-electron chi connectivity index (χ4n) is 8.71. The molecule has 4 rings (SSSR count). The molecule has 0 aliphatic heterocycles. The summed E-state index contributed by atoms with van der Waals surface area (Å²) < 4.78 is 4.97. The zero-order valence-electron chi connectivity index (χ0n) is 27.5. The van der Waals surface area contributed by atoms with E-state index in [1.165, 1.54) is 7.11 Å². The second-order valence-electron chi connectivity index (χ2n) is 13.7. The highest BCUT2D eigenvalue weighted by Crippen LogP contribution is 2.82. The van der Waals surface area contributed by atoms with Crippen LogP contribution in [0.15, 0.2) is 41.5 Å². The summed E-state index contributed by atoms with van der Waals surface area (Å²) in [6.45, 7) is 14.1. The molecule has 0 heterocycles. The number of benzene rings is 1. The van der Waals surface area contributed by atoms with Crippen molar-refractivity contribution >= 4 is 23.7 Å². The Hall–Kier alpha value is -3.16. The molecule has 3 amide bonds. The molecule has 236 valence electrons. The second kappa shape index (κ2) is 12.4. The Bertz CT molecular complexity index is 1280. The van der Waals surface area contributed by atoms with E-state index in [-0.39, 0.29) is 59.3 Å². The van der Waals surface area contributed by atoms with Gasteiger partial charge in [-0.25, -0.2) is 0 Å². The van der Waals surface area contributed by atoms with Crippen molar-refractivity contribution in [2.45, 2.75) is 98.2 Å². The van der Waals surface area contributed by atoms with Crippen LogP contribution in [0.5, 0.6) is 0 Å². The Morgan fingerprint density at radius 2 is 1.74 bits per heavy atom. The van der Waals surface area contributed by atoms with Crippen molar-refractivity contribution in [3.8, 4) is 0 Å². The van der Waals surface area contributed by atoms with Crippen LogP contribution in [0, 0.1) is 35.0 Å². The predicted molar refractivity (Wildman–Crippen MR) is 167 cm³/mol. The topological polar surface area (TPSA) is 105 Å². The smallest absolute Gasteiger partial charge is 0.308 e. The number of hydrogen-bond donors (Lipinski definition) is 2. The third-order valence-electron chi connectivity index (χ3n) is 10.8. The van der Waals surface area contributed by atoms with Gasteiger partial charge >= 0.3 is 5.97 Å². The van der Waals surface area contributed by atoms with E-state index in [1.807, 2.05) is 58.0 Å². The summed E-state index contributed by atoms with van der Waals surface area (Å²) in [5.74, 6) is -0.514. The molecule has 8 atom stereocenters. The van der Waals surface area contributed by atoms with E-state index < -0.39 is 17.0 Å². The van der Waals surface area contributed by atoms with Crippen LogP contribution in [-0.4, -0.2) is 60.4 Å². The Labute approximate surface area is 257 Å². The molecule has 0 spiro atoms. The highest BCUT2D eigenvalue weighted by molar-refractivity contribution is 5.96. The van der Waals surface area contributed by atoms with Gasteiger partial charge in [-0.2, -0.15) is 0 Å². The maximum Gasteiger partial charge on any atom is 0.308 e. The lowest BCUT2D eigenvalue weighted by Crippen LogP contribution is -2.87. The number of carbonyl (C=O) groups excluding carboxylic acids is 4. The lowest BCUT2D eigenvalue weighted by molar-refractivity contribution is -0.207. The second-order valence-corrected chi connectivity index (χ2v) is 13.7. The van der Waals surface area contributed by atoms with E-state index in [2.05, 4.69) is 31.4 Å². The number of ether oxygens (including phenoxy) is 1. The Kier molecular flexibility index (Phi) is 9.48. The van der Waals surface area contributed by atoms with Gasteiger partial charge in [0.25, 0.3) is 0 Å². The fourth-order valence-corrected chi connectivity index (χ4v) is 8.71. The minimum Gasteiger partial charge on any atom is -0.469 e. The Morgan fingerprint density at radius 1 is 1.09 bits per heavy atom. The van der Waals surface area contributed by atoms with E-state index in [4.69, 9.17) is 4.74 Å². The number of methoxy groups -OCH3 is 1. The van der Waals surface area contributed by atoms with Crippen LogP contribution in [0.4, 0.5) is 0 Å². The summed E-state index contributed by atoms with van der Waals surface area (Å²) in [6.07, 6.45) is 3.27. The molecule has 8 heteroatoms. The predicted octanol–water partition coefficient (Wildman–Crippen LogP) is 4.67. The average molecular weight is 594 g/mol. The lowest BCUT2D eigenvalue weighted by atomic mass is 9.23. The molecule has 1 aromatic rings. The van der Waals surface area contributed by atoms with Crippen LogP contribution in [0.3, 0.4) is 0 Å². The summed E-state index contributed by atoms with van der Waals surface area (Å²) in [4.78, 5) is 54.5. The number of nitrogens with zero attached hydrogens (tertiary/aromatic N) is 1. The first-order valence-corrected chi connectivity index (χ1v) is 16.0.